The lowest BCUT2D eigenvalue weighted by atomic mass is 10.2. The fourth-order valence-electron chi connectivity index (χ4n) is 1.88. The first kappa shape index (κ1) is 16.6. The van der Waals surface area contributed by atoms with Crippen molar-refractivity contribution in [2.24, 2.45) is 0 Å². The minimum absolute atomic E-state index is 0.0448. The number of carbonyl (C=O) groups is 2. The maximum absolute atomic E-state index is 12.1. The van der Waals surface area contributed by atoms with Crippen LogP contribution in [0.15, 0.2) is 18.2 Å². The van der Waals surface area contributed by atoms with Crippen molar-refractivity contribution < 1.29 is 19.2 Å². The normalized spacial score (nSPS) is 11.6. The largest absolute Gasteiger partial charge is 0.480 e. The first-order valence-corrected chi connectivity index (χ1v) is 6.63. The molecule has 1 rings (SSSR count). The smallest absolute Gasteiger partial charge is 0.270 e. The lowest BCUT2D eigenvalue weighted by Gasteiger charge is -2.23. The molecule has 0 saturated carbocycles. The van der Waals surface area contributed by atoms with E-state index in [4.69, 9.17) is 4.74 Å². The van der Waals surface area contributed by atoms with Gasteiger partial charge in [0.15, 0.2) is 12.4 Å². The summed E-state index contributed by atoms with van der Waals surface area (Å²) in [6.45, 7) is 6.41. The molecule has 0 heterocycles. The number of hydrogen-bond donors (Lipinski definition) is 0. The molecule has 0 aromatic heterocycles. The standard InChI is InChI=1S/C14H18N2O5/c1-4-15(5-2)14(18)10(3)21-13-7-6-12(16(19)20)8-11(13)9-17/h6-10H,4-5H2,1-3H3. The molecule has 0 bridgehead atoms. The van der Waals surface area contributed by atoms with Gasteiger partial charge in [0.05, 0.1) is 10.5 Å². The van der Waals surface area contributed by atoms with Crippen molar-refractivity contribution in [2.75, 3.05) is 13.1 Å². The number of aldehydes is 1. The van der Waals surface area contributed by atoms with Crippen LogP contribution in [0.25, 0.3) is 0 Å². The molecule has 1 atom stereocenters. The van der Waals surface area contributed by atoms with E-state index in [1.165, 1.54) is 12.1 Å². The van der Waals surface area contributed by atoms with Gasteiger partial charge in [0, 0.05) is 25.2 Å². The summed E-state index contributed by atoms with van der Waals surface area (Å²) in [7, 11) is 0. The summed E-state index contributed by atoms with van der Waals surface area (Å²) in [5.74, 6) is -0.0428. The van der Waals surface area contributed by atoms with E-state index in [2.05, 4.69) is 0 Å². The number of carbonyl (C=O) groups excluding carboxylic acids is 2. The number of likely N-dealkylation sites (N-methyl/N-ethyl adjacent to an activating group) is 1. The third-order valence-electron chi connectivity index (χ3n) is 3.06. The number of benzene rings is 1. The molecule has 1 amide bonds. The van der Waals surface area contributed by atoms with Gasteiger partial charge in [-0.2, -0.15) is 0 Å². The molecule has 0 spiro atoms. The Kier molecular flexibility index (Phi) is 5.83. The Bertz CT molecular complexity index is 540. The molecule has 0 radical (unpaired) electrons. The van der Waals surface area contributed by atoms with Gasteiger partial charge in [0.2, 0.25) is 0 Å². The number of nitro groups is 1. The minimum atomic E-state index is -0.773. The molecule has 1 unspecified atom stereocenters. The zero-order valence-electron chi connectivity index (χ0n) is 12.2. The summed E-state index contributed by atoms with van der Waals surface area (Å²) in [6.07, 6.45) is -0.304. The maximum atomic E-state index is 12.1. The number of nitro benzene ring substituents is 1. The molecule has 1 aromatic carbocycles. The SMILES string of the molecule is CCN(CC)C(=O)C(C)Oc1ccc([N+](=O)[O-])cc1C=O. The number of hydrogen-bond acceptors (Lipinski definition) is 5. The van der Waals surface area contributed by atoms with E-state index < -0.39 is 11.0 Å². The molecule has 0 fully saturated rings. The third kappa shape index (κ3) is 4.01. The summed E-state index contributed by atoms with van der Waals surface area (Å²) in [5, 5.41) is 10.7. The topological polar surface area (TPSA) is 89.8 Å². The Morgan fingerprint density at radius 2 is 2.05 bits per heavy atom. The monoisotopic (exact) mass is 294 g/mol. The molecule has 0 N–H and O–H groups in total. The van der Waals surface area contributed by atoms with Crippen LogP contribution in [0.5, 0.6) is 5.75 Å². The van der Waals surface area contributed by atoms with Crippen molar-refractivity contribution in [1.29, 1.82) is 0 Å². The van der Waals surface area contributed by atoms with Gasteiger partial charge < -0.3 is 9.64 Å². The van der Waals surface area contributed by atoms with Crippen LogP contribution in [0.2, 0.25) is 0 Å². The van der Waals surface area contributed by atoms with Crippen LogP contribution >= 0.6 is 0 Å². The number of nitrogens with zero attached hydrogens (tertiary/aromatic N) is 2. The summed E-state index contributed by atoms with van der Waals surface area (Å²) in [6, 6.07) is 3.68. The van der Waals surface area contributed by atoms with Crippen LogP contribution in [0, 0.1) is 10.1 Å². The Hall–Kier alpha value is -2.44. The molecule has 7 heteroatoms. The van der Waals surface area contributed by atoms with E-state index in [1.54, 1.807) is 11.8 Å². The van der Waals surface area contributed by atoms with Gasteiger partial charge in [-0.1, -0.05) is 0 Å². The van der Waals surface area contributed by atoms with Crippen molar-refractivity contribution in [2.45, 2.75) is 26.9 Å². The van der Waals surface area contributed by atoms with Crippen LogP contribution in [0.1, 0.15) is 31.1 Å². The van der Waals surface area contributed by atoms with E-state index >= 15 is 0 Å². The average Bonchev–Trinajstić information content (AvgIpc) is 2.48. The second-order valence-electron chi connectivity index (χ2n) is 4.37. The predicted octanol–water partition coefficient (Wildman–Crippen LogP) is 2.04. The van der Waals surface area contributed by atoms with Gasteiger partial charge in [0.1, 0.15) is 5.75 Å². The Balaban J connectivity index is 2.94. The third-order valence-corrected chi connectivity index (χ3v) is 3.06. The molecule has 0 aliphatic rings. The molecule has 7 nitrogen and oxygen atoms in total. The van der Waals surface area contributed by atoms with E-state index in [-0.39, 0.29) is 22.9 Å². The van der Waals surface area contributed by atoms with Gasteiger partial charge in [-0.25, -0.2) is 0 Å². The highest BCUT2D eigenvalue weighted by Crippen LogP contribution is 2.24. The molecule has 1 aromatic rings. The number of amides is 1. The predicted molar refractivity (Wildman–Crippen MR) is 76.5 cm³/mol. The van der Waals surface area contributed by atoms with Crippen LogP contribution in [0.4, 0.5) is 5.69 Å². The van der Waals surface area contributed by atoms with E-state index in [9.17, 15) is 19.7 Å². The summed E-state index contributed by atoms with van der Waals surface area (Å²) in [4.78, 5) is 34.8. The second kappa shape index (κ2) is 7.37. The number of ether oxygens (including phenoxy) is 1. The second-order valence-corrected chi connectivity index (χ2v) is 4.37. The van der Waals surface area contributed by atoms with Gasteiger partial charge in [-0.15, -0.1) is 0 Å². The molecule has 21 heavy (non-hydrogen) atoms. The lowest BCUT2D eigenvalue weighted by molar-refractivity contribution is -0.384. The first-order chi connectivity index (χ1) is 9.94. The highest BCUT2D eigenvalue weighted by atomic mass is 16.6. The van der Waals surface area contributed by atoms with Crippen LogP contribution in [-0.2, 0) is 4.79 Å². The van der Waals surface area contributed by atoms with E-state index in [0.717, 1.165) is 6.07 Å². The van der Waals surface area contributed by atoms with Crippen molar-refractivity contribution >= 4 is 17.9 Å². The summed E-state index contributed by atoms with van der Waals surface area (Å²) >= 11 is 0. The van der Waals surface area contributed by atoms with Crippen molar-refractivity contribution in [3.8, 4) is 5.75 Å². The quantitative estimate of drug-likeness (QED) is 0.436. The fourth-order valence-corrected chi connectivity index (χ4v) is 1.88. The van der Waals surface area contributed by atoms with E-state index in [0.29, 0.717) is 19.4 Å². The Labute approximate surface area is 122 Å². The zero-order chi connectivity index (χ0) is 16.0. The van der Waals surface area contributed by atoms with Crippen LogP contribution in [-0.4, -0.2) is 41.2 Å². The summed E-state index contributed by atoms with van der Waals surface area (Å²) in [5.41, 5.74) is -0.157. The number of rotatable bonds is 7. The van der Waals surface area contributed by atoms with Crippen molar-refractivity contribution in [1.82, 2.24) is 4.90 Å². The lowest BCUT2D eigenvalue weighted by Crippen LogP contribution is -2.40. The fraction of sp³-hybridized carbons (Fsp3) is 0.429. The highest BCUT2D eigenvalue weighted by molar-refractivity contribution is 5.83. The Morgan fingerprint density at radius 1 is 1.43 bits per heavy atom. The van der Waals surface area contributed by atoms with Gasteiger partial charge in [-0.05, 0) is 26.8 Å². The van der Waals surface area contributed by atoms with Crippen LogP contribution < -0.4 is 4.74 Å². The Morgan fingerprint density at radius 3 is 2.52 bits per heavy atom. The first-order valence-electron chi connectivity index (χ1n) is 6.63. The van der Waals surface area contributed by atoms with E-state index in [1.807, 2.05) is 13.8 Å². The van der Waals surface area contributed by atoms with Gasteiger partial charge in [0.25, 0.3) is 11.6 Å². The summed E-state index contributed by atoms with van der Waals surface area (Å²) < 4.78 is 5.47. The van der Waals surface area contributed by atoms with Gasteiger partial charge >= 0.3 is 0 Å². The average molecular weight is 294 g/mol. The highest BCUT2D eigenvalue weighted by Gasteiger charge is 2.21. The molecular weight excluding hydrogens is 276 g/mol. The number of non-ortho nitro benzene ring substituents is 1. The van der Waals surface area contributed by atoms with Crippen molar-refractivity contribution in [3.05, 3.63) is 33.9 Å². The van der Waals surface area contributed by atoms with Gasteiger partial charge in [-0.3, -0.25) is 19.7 Å². The molecule has 0 aliphatic heterocycles. The van der Waals surface area contributed by atoms with Crippen LogP contribution in [0.3, 0.4) is 0 Å². The zero-order valence-corrected chi connectivity index (χ0v) is 12.2. The molecule has 0 aliphatic carbocycles. The molecule has 0 saturated heterocycles. The minimum Gasteiger partial charge on any atom is -0.480 e. The molecule has 114 valence electrons. The maximum Gasteiger partial charge on any atom is 0.270 e. The van der Waals surface area contributed by atoms with Crippen molar-refractivity contribution in [3.63, 3.8) is 0 Å². The molecular formula is C14H18N2O5.